The molecule has 7 N–H and O–H groups in total. The van der Waals surface area contributed by atoms with Crippen LogP contribution in [0, 0.1) is 0 Å². The Kier molecular flexibility index (Phi) is 32.7. The van der Waals surface area contributed by atoms with Gasteiger partial charge in [-0.15, -0.1) is 0 Å². The van der Waals surface area contributed by atoms with Crippen molar-refractivity contribution in [1.29, 1.82) is 0 Å². The molecule has 0 aromatic heterocycles. The number of nitrogens with zero attached hydrogens (tertiary/aromatic N) is 9. The summed E-state index contributed by atoms with van der Waals surface area (Å²) in [6, 6.07) is 36.4. The van der Waals surface area contributed by atoms with Gasteiger partial charge in [0.25, 0.3) is 0 Å². The number of hydrazone groups is 2. The molecule has 0 unspecified atom stereocenters. The molecule has 17 nitrogen and oxygen atoms in total. The molecular formula is C56H97N15O2P4S3. The van der Waals surface area contributed by atoms with Gasteiger partial charge in [0, 0.05) is 111 Å². The van der Waals surface area contributed by atoms with E-state index in [0.29, 0.717) is 37.3 Å². The lowest BCUT2D eigenvalue weighted by atomic mass is 10.2. The van der Waals surface area contributed by atoms with Crippen molar-refractivity contribution in [2.45, 2.75) is 55.4 Å². The molecule has 0 heterocycles. The molecule has 4 aromatic rings. The van der Waals surface area contributed by atoms with E-state index in [1.54, 1.807) is 0 Å². The number of benzene rings is 4. The van der Waals surface area contributed by atoms with Gasteiger partial charge < -0.3 is 39.7 Å². The Morgan fingerprint density at radius 1 is 0.463 bits per heavy atom. The van der Waals surface area contributed by atoms with Crippen molar-refractivity contribution in [3.8, 4) is 11.5 Å². The van der Waals surface area contributed by atoms with E-state index in [-0.39, 0.29) is 0 Å². The number of likely N-dealkylation sites (N-methyl/N-ethyl adjacent to an activating group) is 4. The summed E-state index contributed by atoms with van der Waals surface area (Å²) in [5, 5.41) is 30.3. The van der Waals surface area contributed by atoms with Gasteiger partial charge in [0.05, 0.1) is 12.4 Å². The van der Waals surface area contributed by atoms with E-state index in [9.17, 15) is 0 Å². The fraction of sp³-hybridized carbons (Fsp3) is 0.536. The van der Waals surface area contributed by atoms with Crippen LogP contribution in [-0.4, -0.2) is 186 Å². The summed E-state index contributed by atoms with van der Waals surface area (Å²) in [7, 11) is 1.21. The maximum absolute atomic E-state index is 6.97. The molecule has 446 valence electrons. The third-order valence-electron chi connectivity index (χ3n) is 13.9. The Bertz CT molecular complexity index is 2390. The Labute approximate surface area is 498 Å². The summed E-state index contributed by atoms with van der Waals surface area (Å²) < 4.78 is 23.5. The van der Waals surface area contributed by atoms with Gasteiger partial charge in [0.15, 0.2) is 13.0 Å². The first-order chi connectivity index (χ1) is 38.6. The largest absolute Gasteiger partial charge is 0.419 e. The number of nitrogens with two attached hydrogens (primary N) is 1. The highest BCUT2D eigenvalue weighted by Crippen LogP contribution is 2.62. The van der Waals surface area contributed by atoms with Gasteiger partial charge in [-0.1, -0.05) is 116 Å². The molecule has 0 amide bonds. The van der Waals surface area contributed by atoms with Crippen LogP contribution in [0.1, 0.15) is 66.5 Å². The molecule has 0 atom stereocenters. The maximum atomic E-state index is 6.97. The fourth-order valence-electron chi connectivity index (χ4n) is 8.68. The van der Waals surface area contributed by atoms with Gasteiger partial charge in [-0.3, -0.25) is 20.3 Å². The van der Waals surface area contributed by atoms with Gasteiger partial charge in [-0.05, 0) is 146 Å². The predicted octanol–water partition coefficient (Wildman–Crippen LogP) is 8.48. The first kappa shape index (κ1) is 69.7. The summed E-state index contributed by atoms with van der Waals surface area (Å²) in [5.74, 6) is 1.06. The van der Waals surface area contributed by atoms with E-state index in [4.69, 9.17) is 64.9 Å². The Hall–Kier alpha value is -2.80. The smallest absolute Gasteiger partial charge is 0.413 e. The molecule has 0 aliphatic rings. The standard InChI is InChI=1S/C56H97N15O2P4S3/c1-11-68(12-2)44-39-61-75(78,62-40-45-69(13-3)14-4)66(9)59-49-51-29-33-53(34-30-51)72-77(80,65-74(48-43-58-38-37-57,55-25-21-19-22-26-55)56-27-23-20-24-28-56)73-54-35-31-52(32-36-54)50-60-67(10)76(79,63-41-46-70(15-5)16-6)64-42-47-71(17-7)18-8/h19-36,49-50,58H,11-18,37-48,57H2,1-10H3,(H2,61,62,78)(H2,63,64,79)/b59-49+,60-50+. The second kappa shape index (κ2) is 37.5. The minimum absolute atomic E-state index is 0.520. The van der Waals surface area contributed by atoms with E-state index < -0.39 is 26.7 Å². The van der Waals surface area contributed by atoms with Crippen molar-refractivity contribution >= 4 is 85.1 Å². The molecule has 0 fully saturated rings. The van der Waals surface area contributed by atoms with E-state index >= 15 is 0 Å². The highest BCUT2D eigenvalue weighted by Gasteiger charge is 2.33. The Morgan fingerprint density at radius 2 is 0.787 bits per heavy atom. The zero-order chi connectivity index (χ0) is 58.3. The molecular weight excluding hydrogens is 1130 g/mol. The van der Waals surface area contributed by atoms with E-state index in [2.05, 4.69) is 149 Å². The molecule has 0 aliphatic carbocycles. The SMILES string of the molecule is CCN(CC)CCNP(=S)(NCCN(CC)CC)N(C)/N=C/c1ccc(OP(=S)(N=P(CCNCCN)(c2ccccc2)c2ccccc2)Oc2ccc(/C=N/N(C)P(=S)(NCCN(CC)CC)NCCN(CC)CC)cc2)cc1. The number of hydrogen-bond acceptors (Lipinski definition) is 13. The van der Waals surface area contributed by atoms with Crippen LogP contribution in [0.15, 0.2) is 124 Å². The Morgan fingerprint density at radius 3 is 1.09 bits per heavy atom. The first-order valence-corrected chi connectivity index (χ1v) is 38.6. The fourth-order valence-corrected chi connectivity index (χ4v) is 21.1. The van der Waals surface area contributed by atoms with E-state index in [1.807, 2.05) is 96.7 Å². The molecule has 0 spiro atoms. The summed E-state index contributed by atoms with van der Waals surface area (Å²) in [4.78, 5) is 9.56. The molecule has 0 saturated heterocycles. The lowest BCUT2D eigenvalue weighted by Gasteiger charge is -2.33. The van der Waals surface area contributed by atoms with Crippen molar-refractivity contribution in [2.24, 2.45) is 20.5 Å². The minimum Gasteiger partial charge on any atom is -0.419 e. The van der Waals surface area contributed by atoms with Crippen molar-refractivity contribution in [3.05, 3.63) is 120 Å². The van der Waals surface area contributed by atoms with E-state index in [0.717, 1.165) is 126 Å². The highest BCUT2D eigenvalue weighted by atomic mass is 32.5. The van der Waals surface area contributed by atoms with Crippen LogP contribution in [0.2, 0.25) is 0 Å². The molecule has 24 heteroatoms. The summed E-state index contributed by atoms with van der Waals surface area (Å²) in [5.41, 5.74) is 7.71. The van der Waals surface area contributed by atoms with Crippen LogP contribution >= 0.6 is 26.7 Å². The summed E-state index contributed by atoms with van der Waals surface area (Å²) in [6.45, 7) is 25.3. The number of rotatable bonds is 42. The molecule has 4 rings (SSSR count). The molecule has 0 aliphatic heterocycles. The normalized spacial score (nSPS) is 12.7. The van der Waals surface area contributed by atoms with Crippen molar-refractivity contribution in [3.63, 3.8) is 0 Å². The highest BCUT2D eigenvalue weighted by molar-refractivity contribution is 8.12. The predicted molar refractivity (Wildman–Crippen MR) is 359 cm³/mol. The first-order valence-electron chi connectivity index (χ1n) is 28.6. The molecule has 80 heavy (non-hydrogen) atoms. The van der Waals surface area contributed by atoms with Crippen LogP contribution in [0.25, 0.3) is 0 Å². The number of hydrogen-bond donors (Lipinski definition) is 6. The molecule has 0 saturated carbocycles. The maximum Gasteiger partial charge on any atom is 0.413 e. The van der Waals surface area contributed by atoms with Crippen molar-refractivity contribution < 1.29 is 9.05 Å². The molecule has 4 aromatic carbocycles. The zero-order valence-electron chi connectivity index (χ0n) is 49.6. The van der Waals surface area contributed by atoms with Gasteiger partial charge in [-0.2, -0.15) is 14.7 Å². The second-order valence-corrected chi connectivity index (χ2v) is 33.3. The van der Waals surface area contributed by atoms with Gasteiger partial charge in [-0.25, -0.2) is 9.56 Å². The molecule has 0 radical (unpaired) electrons. The minimum atomic E-state index is -3.59. The average Bonchev–Trinajstić information content (AvgIpc) is 3.52. The van der Waals surface area contributed by atoms with Gasteiger partial charge in [0.1, 0.15) is 11.5 Å². The van der Waals surface area contributed by atoms with Crippen molar-refractivity contribution in [2.75, 3.05) is 145 Å². The zero-order valence-corrected chi connectivity index (χ0v) is 55.6. The van der Waals surface area contributed by atoms with Crippen LogP contribution in [0.3, 0.4) is 0 Å². The average molecular weight is 1230 g/mol. The van der Waals surface area contributed by atoms with Gasteiger partial charge in [0.2, 0.25) is 0 Å². The van der Waals surface area contributed by atoms with Crippen molar-refractivity contribution in [1.82, 2.24) is 54.8 Å². The Balaban J connectivity index is 1.73. The quantitative estimate of drug-likeness (QED) is 0.0108. The lowest BCUT2D eigenvalue weighted by molar-refractivity contribution is 0.305. The van der Waals surface area contributed by atoms with Gasteiger partial charge >= 0.3 is 6.64 Å². The van der Waals surface area contributed by atoms with E-state index in [1.165, 1.54) is 0 Å². The van der Waals surface area contributed by atoms with Crippen LogP contribution < -0.4 is 51.1 Å². The topological polar surface area (TPSA) is 161 Å². The van der Waals surface area contributed by atoms with Crippen LogP contribution in [0.5, 0.6) is 11.5 Å². The summed E-state index contributed by atoms with van der Waals surface area (Å²) in [6.07, 6.45) is 4.34. The lowest BCUT2D eigenvalue weighted by Crippen LogP contribution is -2.39. The van der Waals surface area contributed by atoms with Crippen LogP contribution in [0.4, 0.5) is 0 Å². The molecule has 0 bridgehead atoms. The van der Waals surface area contributed by atoms with Crippen LogP contribution in [-0.2, 0) is 35.4 Å². The third kappa shape index (κ3) is 23.0. The monoisotopic (exact) mass is 1230 g/mol. The number of nitrogens with one attached hydrogen (secondary N) is 5. The second-order valence-electron chi connectivity index (χ2n) is 18.9. The summed E-state index contributed by atoms with van der Waals surface area (Å²) >= 11 is 19.4. The third-order valence-corrected chi connectivity index (χ3v) is 28.6.